The molecule has 3 N–H and O–H groups in total. The second kappa shape index (κ2) is 7.96. The van der Waals surface area contributed by atoms with E-state index in [2.05, 4.69) is 5.32 Å². The molecule has 0 aliphatic heterocycles. The van der Waals surface area contributed by atoms with Crippen molar-refractivity contribution >= 4 is 11.8 Å². The minimum atomic E-state index is -0.591. The quantitative estimate of drug-likeness (QED) is 0.510. The number of hydroxylamine groups is 1. The van der Waals surface area contributed by atoms with Crippen molar-refractivity contribution < 1.29 is 14.8 Å². The largest absolute Gasteiger partial charge is 0.349 e. The van der Waals surface area contributed by atoms with Gasteiger partial charge < -0.3 is 9.88 Å². The summed E-state index contributed by atoms with van der Waals surface area (Å²) in [4.78, 5) is 37.5. The minimum Gasteiger partial charge on any atom is -0.349 e. The SMILES string of the molecule is O=C(NO)c1ccc(Cn2cccc(C(=O)NC3C4CC5CC(C4)CC3C5)c2=O)cc1. The van der Waals surface area contributed by atoms with E-state index in [-0.39, 0.29) is 23.1 Å². The third kappa shape index (κ3) is 3.78. The van der Waals surface area contributed by atoms with Gasteiger partial charge in [-0.1, -0.05) is 12.1 Å². The second-order valence-corrected chi connectivity index (χ2v) is 9.42. The Morgan fingerprint density at radius 3 is 2.19 bits per heavy atom. The molecule has 4 aliphatic carbocycles. The highest BCUT2D eigenvalue weighted by atomic mass is 16.5. The molecule has 0 spiro atoms. The van der Waals surface area contributed by atoms with Crippen molar-refractivity contribution in [2.45, 2.75) is 44.7 Å². The Morgan fingerprint density at radius 1 is 0.935 bits per heavy atom. The molecular formula is C24H27N3O4. The Labute approximate surface area is 180 Å². The van der Waals surface area contributed by atoms with E-state index >= 15 is 0 Å². The lowest BCUT2D eigenvalue weighted by Crippen LogP contribution is -2.56. The number of benzene rings is 1. The van der Waals surface area contributed by atoms with Gasteiger partial charge in [-0.15, -0.1) is 0 Å². The molecule has 0 atom stereocenters. The Balaban J connectivity index is 1.31. The molecule has 4 saturated carbocycles. The molecule has 6 rings (SSSR count). The average molecular weight is 421 g/mol. The number of hydrogen-bond acceptors (Lipinski definition) is 4. The molecule has 1 aromatic heterocycles. The van der Waals surface area contributed by atoms with E-state index in [1.807, 2.05) is 0 Å². The van der Waals surface area contributed by atoms with Crippen LogP contribution in [0.3, 0.4) is 0 Å². The van der Waals surface area contributed by atoms with Crippen LogP contribution in [0.15, 0.2) is 47.4 Å². The van der Waals surface area contributed by atoms with E-state index in [1.165, 1.54) is 36.7 Å². The van der Waals surface area contributed by atoms with E-state index in [1.54, 1.807) is 48.1 Å². The summed E-state index contributed by atoms with van der Waals surface area (Å²) in [5.74, 6) is 1.92. The van der Waals surface area contributed by atoms with Gasteiger partial charge in [-0.2, -0.15) is 0 Å². The molecule has 0 saturated heterocycles. The molecule has 0 unspecified atom stereocenters. The van der Waals surface area contributed by atoms with Crippen molar-refractivity contribution in [2.24, 2.45) is 23.7 Å². The molecule has 1 aromatic carbocycles. The van der Waals surface area contributed by atoms with Crippen LogP contribution < -0.4 is 16.4 Å². The summed E-state index contributed by atoms with van der Waals surface area (Å²) in [5.41, 5.74) is 2.59. The Hall–Kier alpha value is -2.93. The molecule has 1 heterocycles. The van der Waals surface area contributed by atoms with Crippen LogP contribution in [0.4, 0.5) is 0 Å². The average Bonchev–Trinajstić information content (AvgIpc) is 2.77. The van der Waals surface area contributed by atoms with Crippen LogP contribution in [-0.4, -0.2) is 27.6 Å². The number of nitrogens with one attached hydrogen (secondary N) is 2. The molecule has 0 radical (unpaired) electrons. The topological polar surface area (TPSA) is 100 Å². The van der Waals surface area contributed by atoms with Crippen molar-refractivity contribution in [3.63, 3.8) is 0 Å². The predicted molar refractivity (Wildman–Crippen MR) is 114 cm³/mol. The van der Waals surface area contributed by atoms with Crippen molar-refractivity contribution in [3.8, 4) is 0 Å². The van der Waals surface area contributed by atoms with E-state index in [4.69, 9.17) is 5.21 Å². The summed E-state index contributed by atoms with van der Waals surface area (Å²) in [6.45, 7) is 0.291. The number of aromatic nitrogens is 1. The number of nitrogens with zero attached hydrogens (tertiary/aromatic N) is 1. The van der Waals surface area contributed by atoms with Crippen LogP contribution in [0.2, 0.25) is 0 Å². The molecule has 4 fully saturated rings. The zero-order valence-electron chi connectivity index (χ0n) is 17.3. The van der Waals surface area contributed by atoms with Gasteiger partial charge in [0.25, 0.3) is 17.4 Å². The first-order valence-corrected chi connectivity index (χ1v) is 11.1. The first-order chi connectivity index (χ1) is 15.0. The number of hydrogen-bond donors (Lipinski definition) is 3. The fourth-order valence-corrected chi connectivity index (χ4v) is 6.25. The van der Waals surface area contributed by atoms with Crippen LogP contribution in [0.25, 0.3) is 0 Å². The van der Waals surface area contributed by atoms with Gasteiger partial charge >= 0.3 is 0 Å². The van der Waals surface area contributed by atoms with Crippen LogP contribution in [0, 0.1) is 23.7 Å². The zero-order chi connectivity index (χ0) is 21.5. The summed E-state index contributed by atoms with van der Waals surface area (Å²) < 4.78 is 1.51. The second-order valence-electron chi connectivity index (χ2n) is 9.42. The van der Waals surface area contributed by atoms with Gasteiger partial charge in [0.1, 0.15) is 5.56 Å². The van der Waals surface area contributed by atoms with Gasteiger partial charge in [0.2, 0.25) is 0 Å². The lowest BCUT2D eigenvalue weighted by molar-refractivity contribution is -0.0119. The minimum absolute atomic E-state index is 0.174. The van der Waals surface area contributed by atoms with E-state index in [0.29, 0.717) is 23.9 Å². The third-order valence-electron chi connectivity index (χ3n) is 7.46. The molecule has 7 heteroatoms. The third-order valence-corrected chi connectivity index (χ3v) is 7.46. The molecule has 2 aromatic rings. The maximum absolute atomic E-state index is 13.0. The molecule has 2 amide bonds. The molecule has 162 valence electrons. The van der Waals surface area contributed by atoms with Crippen molar-refractivity contribution in [2.75, 3.05) is 0 Å². The van der Waals surface area contributed by atoms with Crippen LogP contribution in [0.1, 0.15) is 58.4 Å². The summed E-state index contributed by atoms with van der Waals surface area (Å²) in [5, 5.41) is 11.9. The zero-order valence-corrected chi connectivity index (χ0v) is 17.3. The Kier molecular flexibility index (Phi) is 5.14. The monoisotopic (exact) mass is 421 g/mol. The van der Waals surface area contributed by atoms with Gasteiger partial charge in [-0.25, -0.2) is 5.48 Å². The molecule has 31 heavy (non-hydrogen) atoms. The lowest BCUT2D eigenvalue weighted by Gasteiger charge is -2.54. The summed E-state index contributed by atoms with van der Waals surface area (Å²) in [7, 11) is 0. The highest BCUT2D eigenvalue weighted by molar-refractivity contribution is 5.94. The van der Waals surface area contributed by atoms with E-state index in [9.17, 15) is 14.4 Å². The van der Waals surface area contributed by atoms with Gasteiger partial charge in [0.05, 0.1) is 6.54 Å². The van der Waals surface area contributed by atoms with Crippen LogP contribution in [-0.2, 0) is 6.54 Å². The molecule has 4 aliphatic rings. The molecule has 4 bridgehead atoms. The first kappa shape index (κ1) is 20.0. The highest BCUT2D eigenvalue weighted by Gasteiger charge is 2.48. The standard InChI is InChI=1S/C24H27N3O4/c28-22(26-31)17-5-3-14(4-6-17)13-27-7-1-2-20(24(27)30)23(29)25-21-18-9-15-8-16(11-18)12-19(21)10-15/h1-7,15-16,18-19,21,31H,8-13H2,(H,25,29)(H,26,28). The van der Waals surface area contributed by atoms with Crippen LogP contribution in [0.5, 0.6) is 0 Å². The number of rotatable bonds is 5. The normalized spacial score (nSPS) is 28.4. The van der Waals surface area contributed by atoms with E-state index < -0.39 is 5.91 Å². The van der Waals surface area contributed by atoms with Crippen LogP contribution >= 0.6 is 0 Å². The predicted octanol–water partition coefficient (Wildman–Crippen LogP) is 2.57. The van der Waals surface area contributed by atoms with Crippen molar-refractivity contribution in [1.82, 2.24) is 15.4 Å². The smallest absolute Gasteiger partial charge is 0.274 e. The fourth-order valence-electron chi connectivity index (χ4n) is 6.25. The van der Waals surface area contributed by atoms with Crippen molar-refractivity contribution in [1.29, 1.82) is 0 Å². The summed E-state index contributed by atoms with van der Waals surface area (Å²) in [6, 6.07) is 10.1. The van der Waals surface area contributed by atoms with Gasteiger partial charge in [0.15, 0.2) is 0 Å². The van der Waals surface area contributed by atoms with Gasteiger partial charge in [0, 0.05) is 17.8 Å². The molecule has 7 nitrogen and oxygen atoms in total. The Bertz CT molecular complexity index is 1030. The summed E-state index contributed by atoms with van der Waals surface area (Å²) in [6.07, 6.45) is 7.87. The highest BCUT2D eigenvalue weighted by Crippen LogP contribution is 2.53. The number of pyridine rings is 1. The summed E-state index contributed by atoms with van der Waals surface area (Å²) >= 11 is 0. The van der Waals surface area contributed by atoms with Gasteiger partial charge in [-0.3, -0.25) is 19.6 Å². The maximum Gasteiger partial charge on any atom is 0.274 e. The van der Waals surface area contributed by atoms with E-state index in [0.717, 1.165) is 17.4 Å². The lowest BCUT2D eigenvalue weighted by atomic mass is 9.54. The fraction of sp³-hybridized carbons (Fsp3) is 0.458. The number of carbonyl (C=O) groups is 2. The maximum atomic E-state index is 13.0. The number of carbonyl (C=O) groups excluding carboxylic acids is 2. The Morgan fingerprint density at radius 2 is 1.58 bits per heavy atom. The first-order valence-electron chi connectivity index (χ1n) is 11.1. The molecular weight excluding hydrogens is 394 g/mol. The van der Waals surface area contributed by atoms with Crippen molar-refractivity contribution in [3.05, 3.63) is 69.6 Å². The van der Waals surface area contributed by atoms with Gasteiger partial charge in [-0.05, 0) is 85.6 Å². The number of amides is 2.